The summed E-state index contributed by atoms with van der Waals surface area (Å²) in [5.41, 5.74) is 0. The van der Waals surface area contributed by atoms with E-state index in [0.717, 1.165) is 22.3 Å². The van der Waals surface area contributed by atoms with Crippen LogP contribution in [-0.2, 0) is 4.79 Å². The van der Waals surface area contributed by atoms with E-state index in [9.17, 15) is 4.79 Å². The van der Waals surface area contributed by atoms with Crippen molar-refractivity contribution in [1.29, 1.82) is 0 Å². The SMILES string of the molecule is CNc1nnc(S[C@@H](C)C(=O)NC2CCCC2)s1. The first-order valence-corrected chi connectivity index (χ1v) is 7.87. The molecule has 1 aliphatic carbocycles. The third-order valence-corrected chi connectivity index (χ3v) is 5.09. The fourth-order valence-corrected chi connectivity index (χ4v) is 3.81. The average molecular weight is 286 g/mol. The van der Waals surface area contributed by atoms with Crippen LogP contribution in [0.3, 0.4) is 0 Å². The van der Waals surface area contributed by atoms with Crippen LogP contribution in [0.25, 0.3) is 0 Å². The number of anilines is 1. The molecular formula is C11H18N4OS2. The molecule has 0 radical (unpaired) electrons. The molecule has 1 aliphatic rings. The second-order valence-electron chi connectivity index (χ2n) is 4.37. The van der Waals surface area contributed by atoms with Crippen LogP contribution in [0.5, 0.6) is 0 Å². The lowest BCUT2D eigenvalue weighted by Crippen LogP contribution is -2.37. The van der Waals surface area contributed by atoms with Gasteiger partial charge < -0.3 is 10.6 Å². The number of thioether (sulfide) groups is 1. The monoisotopic (exact) mass is 286 g/mol. The number of hydrogen-bond acceptors (Lipinski definition) is 6. The van der Waals surface area contributed by atoms with Gasteiger partial charge in [-0.05, 0) is 19.8 Å². The molecule has 0 aromatic carbocycles. The lowest BCUT2D eigenvalue weighted by molar-refractivity contribution is -0.120. The summed E-state index contributed by atoms with van der Waals surface area (Å²) >= 11 is 2.94. The second kappa shape index (κ2) is 6.38. The van der Waals surface area contributed by atoms with Gasteiger partial charge in [-0.1, -0.05) is 35.9 Å². The Kier molecular flexibility index (Phi) is 4.82. The molecule has 1 atom stereocenters. The zero-order valence-corrected chi connectivity index (χ0v) is 12.2. The van der Waals surface area contributed by atoms with Gasteiger partial charge in [0.15, 0.2) is 4.34 Å². The molecule has 1 heterocycles. The number of carbonyl (C=O) groups excluding carboxylic acids is 1. The van der Waals surface area contributed by atoms with Crippen LogP contribution in [0.1, 0.15) is 32.6 Å². The maximum Gasteiger partial charge on any atom is 0.233 e. The summed E-state index contributed by atoms with van der Waals surface area (Å²) in [6.07, 6.45) is 4.69. The summed E-state index contributed by atoms with van der Waals surface area (Å²) in [6.45, 7) is 1.91. The van der Waals surface area contributed by atoms with E-state index in [1.807, 2.05) is 14.0 Å². The molecular weight excluding hydrogens is 268 g/mol. The molecule has 18 heavy (non-hydrogen) atoms. The summed E-state index contributed by atoms with van der Waals surface area (Å²) in [5.74, 6) is 0.105. The Morgan fingerprint density at radius 1 is 1.44 bits per heavy atom. The third kappa shape index (κ3) is 3.58. The topological polar surface area (TPSA) is 66.9 Å². The maximum absolute atomic E-state index is 12.0. The number of nitrogens with zero attached hydrogens (tertiary/aromatic N) is 2. The Labute approximate surface area is 115 Å². The molecule has 1 fully saturated rings. The van der Waals surface area contributed by atoms with E-state index in [0.29, 0.717) is 6.04 Å². The molecule has 0 unspecified atom stereocenters. The molecule has 7 heteroatoms. The van der Waals surface area contributed by atoms with E-state index in [4.69, 9.17) is 0 Å². The molecule has 2 rings (SSSR count). The Morgan fingerprint density at radius 2 is 2.17 bits per heavy atom. The number of carbonyl (C=O) groups is 1. The van der Waals surface area contributed by atoms with Crippen LogP contribution in [-0.4, -0.2) is 34.4 Å². The highest BCUT2D eigenvalue weighted by Crippen LogP contribution is 2.29. The minimum absolute atomic E-state index is 0.105. The summed E-state index contributed by atoms with van der Waals surface area (Å²) in [6, 6.07) is 0.378. The lowest BCUT2D eigenvalue weighted by atomic mass is 10.2. The zero-order chi connectivity index (χ0) is 13.0. The molecule has 5 nitrogen and oxygen atoms in total. The van der Waals surface area contributed by atoms with Gasteiger partial charge in [-0.15, -0.1) is 10.2 Å². The number of nitrogens with one attached hydrogen (secondary N) is 2. The van der Waals surface area contributed by atoms with Crippen molar-refractivity contribution >= 4 is 34.1 Å². The van der Waals surface area contributed by atoms with Gasteiger partial charge in [-0.2, -0.15) is 0 Å². The van der Waals surface area contributed by atoms with Gasteiger partial charge in [0.05, 0.1) is 5.25 Å². The predicted molar refractivity (Wildman–Crippen MR) is 75.2 cm³/mol. The van der Waals surface area contributed by atoms with Crippen LogP contribution in [0.4, 0.5) is 5.13 Å². The largest absolute Gasteiger partial charge is 0.363 e. The maximum atomic E-state index is 12.0. The van der Waals surface area contributed by atoms with E-state index in [1.165, 1.54) is 35.9 Å². The summed E-state index contributed by atoms with van der Waals surface area (Å²) < 4.78 is 0.827. The standard InChI is InChI=1S/C11H18N4OS2/c1-7(9(16)13-8-5-3-4-6-8)17-11-15-14-10(12-2)18-11/h7-8H,3-6H2,1-2H3,(H,12,14)(H,13,16)/t7-/m0/s1. The van der Waals surface area contributed by atoms with Gasteiger partial charge in [0.2, 0.25) is 11.0 Å². The van der Waals surface area contributed by atoms with Crippen molar-refractivity contribution in [2.24, 2.45) is 0 Å². The summed E-state index contributed by atoms with van der Waals surface area (Å²) in [5, 5.41) is 14.7. The van der Waals surface area contributed by atoms with E-state index in [2.05, 4.69) is 20.8 Å². The van der Waals surface area contributed by atoms with Gasteiger partial charge in [-0.3, -0.25) is 4.79 Å². The minimum Gasteiger partial charge on any atom is -0.363 e. The molecule has 2 N–H and O–H groups in total. The van der Waals surface area contributed by atoms with Crippen LogP contribution in [0.2, 0.25) is 0 Å². The highest BCUT2D eigenvalue weighted by molar-refractivity contribution is 8.02. The quantitative estimate of drug-likeness (QED) is 0.812. The number of rotatable bonds is 5. The Hall–Kier alpha value is -0.820. The van der Waals surface area contributed by atoms with Crippen molar-refractivity contribution in [3.8, 4) is 0 Å². The number of amides is 1. The van der Waals surface area contributed by atoms with Crippen molar-refractivity contribution < 1.29 is 4.79 Å². The average Bonchev–Trinajstić information content (AvgIpc) is 3.00. The molecule has 1 aromatic rings. The first-order valence-electron chi connectivity index (χ1n) is 6.17. The third-order valence-electron chi connectivity index (χ3n) is 2.97. The molecule has 0 bridgehead atoms. The van der Waals surface area contributed by atoms with Crippen molar-refractivity contribution in [2.75, 3.05) is 12.4 Å². The van der Waals surface area contributed by atoms with Gasteiger partial charge in [-0.25, -0.2) is 0 Å². The fraction of sp³-hybridized carbons (Fsp3) is 0.727. The molecule has 1 saturated carbocycles. The van der Waals surface area contributed by atoms with E-state index < -0.39 is 0 Å². The van der Waals surface area contributed by atoms with E-state index >= 15 is 0 Å². The van der Waals surface area contributed by atoms with Crippen molar-refractivity contribution in [3.05, 3.63) is 0 Å². The zero-order valence-electron chi connectivity index (χ0n) is 10.6. The molecule has 100 valence electrons. The lowest BCUT2D eigenvalue weighted by Gasteiger charge is -2.15. The van der Waals surface area contributed by atoms with Crippen LogP contribution >= 0.6 is 23.1 Å². The summed E-state index contributed by atoms with van der Waals surface area (Å²) in [4.78, 5) is 12.0. The highest BCUT2D eigenvalue weighted by atomic mass is 32.2. The van der Waals surface area contributed by atoms with Crippen LogP contribution in [0.15, 0.2) is 4.34 Å². The molecule has 1 amide bonds. The first-order chi connectivity index (χ1) is 8.69. The molecule has 1 aromatic heterocycles. The van der Waals surface area contributed by atoms with E-state index in [1.54, 1.807) is 0 Å². The van der Waals surface area contributed by atoms with Crippen molar-refractivity contribution in [2.45, 2.75) is 48.2 Å². The normalized spacial score (nSPS) is 17.7. The molecule has 0 aliphatic heterocycles. The van der Waals surface area contributed by atoms with Crippen molar-refractivity contribution in [1.82, 2.24) is 15.5 Å². The highest BCUT2D eigenvalue weighted by Gasteiger charge is 2.22. The van der Waals surface area contributed by atoms with Crippen LogP contribution < -0.4 is 10.6 Å². The van der Waals surface area contributed by atoms with Crippen molar-refractivity contribution in [3.63, 3.8) is 0 Å². The second-order valence-corrected chi connectivity index (χ2v) is 6.94. The van der Waals surface area contributed by atoms with Gasteiger partial charge in [0, 0.05) is 13.1 Å². The number of hydrogen-bond donors (Lipinski definition) is 2. The van der Waals surface area contributed by atoms with Gasteiger partial charge in [0.1, 0.15) is 0 Å². The number of aromatic nitrogens is 2. The van der Waals surface area contributed by atoms with Gasteiger partial charge in [0.25, 0.3) is 0 Å². The Morgan fingerprint density at radius 3 is 2.78 bits per heavy atom. The van der Waals surface area contributed by atoms with E-state index in [-0.39, 0.29) is 11.2 Å². The first kappa shape index (κ1) is 13.6. The van der Waals surface area contributed by atoms with Crippen LogP contribution in [0, 0.1) is 0 Å². The predicted octanol–water partition coefficient (Wildman–Crippen LogP) is 2.12. The molecule has 0 spiro atoms. The fourth-order valence-electron chi connectivity index (χ4n) is 1.95. The van der Waals surface area contributed by atoms with Gasteiger partial charge >= 0.3 is 0 Å². The summed E-state index contributed by atoms with van der Waals surface area (Å²) in [7, 11) is 1.81. The Bertz CT molecular complexity index is 404. The Balaban J connectivity index is 1.82. The molecule has 0 saturated heterocycles. The minimum atomic E-state index is -0.122. The smallest absolute Gasteiger partial charge is 0.233 e.